The fourth-order valence-electron chi connectivity index (χ4n) is 5.88. The molecule has 2 unspecified atom stereocenters. The maximum absolute atomic E-state index is 13.6. The van der Waals surface area contributed by atoms with Crippen LogP contribution in [0.15, 0.2) is 96.0 Å². The van der Waals surface area contributed by atoms with E-state index in [9.17, 15) is 18.0 Å². The van der Waals surface area contributed by atoms with Crippen LogP contribution in [0.4, 0.5) is 0 Å². The van der Waals surface area contributed by atoms with E-state index in [1.165, 1.54) is 11.6 Å². The van der Waals surface area contributed by atoms with Gasteiger partial charge in [-0.3, -0.25) is 14.5 Å². The highest BCUT2D eigenvalue weighted by molar-refractivity contribution is 7.89. The predicted molar refractivity (Wildman–Crippen MR) is 195 cm³/mol. The van der Waals surface area contributed by atoms with Gasteiger partial charge in [-0.2, -0.15) is 0 Å². The van der Waals surface area contributed by atoms with Crippen molar-refractivity contribution in [1.29, 1.82) is 0 Å². The van der Waals surface area contributed by atoms with Gasteiger partial charge >= 0.3 is 0 Å². The van der Waals surface area contributed by atoms with Crippen molar-refractivity contribution in [3.05, 3.63) is 108 Å². The van der Waals surface area contributed by atoms with Crippen molar-refractivity contribution in [3.63, 3.8) is 0 Å². The summed E-state index contributed by atoms with van der Waals surface area (Å²) in [5.74, 6) is -0.533. The van der Waals surface area contributed by atoms with Gasteiger partial charge in [0.2, 0.25) is 11.8 Å². The Morgan fingerprint density at radius 3 is 2.12 bits per heavy atom. The van der Waals surface area contributed by atoms with Crippen LogP contribution in [0, 0.1) is 0 Å². The first kappa shape index (κ1) is 38.9. The predicted octanol–water partition coefficient (Wildman–Crippen LogP) is 5.68. The molecule has 0 bridgehead atoms. The number of pyridine rings is 1. The average Bonchev–Trinajstić information content (AvgIpc) is 3.62. The molecule has 1 aliphatic rings. The van der Waals surface area contributed by atoms with Crippen LogP contribution in [0.1, 0.15) is 55.8 Å². The van der Waals surface area contributed by atoms with Gasteiger partial charge in [-0.1, -0.05) is 86.6 Å². The minimum Gasteiger partial charge on any atom is -0.344 e. The van der Waals surface area contributed by atoms with Gasteiger partial charge in [0.05, 0.1) is 11.6 Å². The number of carbonyl (C=O) groups excluding carboxylic acids is 2. The van der Waals surface area contributed by atoms with Gasteiger partial charge in [0.1, 0.15) is 6.04 Å². The third kappa shape index (κ3) is 10.2. The molecule has 2 heterocycles. The molecule has 1 fully saturated rings. The molecule has 0 spiro atoms. The van der Waals surface area contributed by atoms with Gasteiger partial charge < -0.3 is 10.2 Å². The van der Waals surface area contributed by atoms with Crippen molar-refractivity contribution >= 4 is 57.6 Å². The standard InChI is InChI=1S/C36H43N5O4S.2ClH/c1-3-40(4-2)26-28-18-16-27(17-19-28)24-33(36(43)41-22-10-11-23-41)37-34(42)25-32(29-12-6-5-7-13-29)39-46(44,45)35-21-20-30-14-8-9-15-31(30)38-35;;/h5-9,12-21,32-33,39H,3-4,10-11,22-26H2,1-2H3,(H,37,42);2*1H. The highest BCUT2D eigenvalue weighted by Crippen LogP contribution is 2.22. The van der Waals surface area contributed by atoms with Gasteiger partial charge in [0.25, 0.3) is 10.0 Å². The Labute approximate surface area is 296 Å². The third-order valence-electron chi connectivity index (χ3n) is 8.55. The van der Waals surface area contributed by atoms with Crippen molar-refractivity contribution in [3.8, 4) is 0 Å². The second kappa shape index (κ2) is 18.3. The smallest absolute Gasteiger partial charge is 0.258 e. The minimum atomic E-state index is -4.09. The molecule has 258 valence electrons. The van der Waals surface area contributed by atoms with Crippen molar-refractivity contribution in [2.45, 2.75) is 63.2 Å². The molecule has 12 heteroatoms. The number of carbonyl (C=O) groups is 2. The van der Waals surface area contributed by atoms with Crippen LogP contribution in [-0.2, 0) is 32.6 Å². The topological polar surface area (TPSA) is 112 Å². The number of aromatic nitrogens is 1. The number of para-hydroxylation sites is 1. The van der Waals surface area contributed by atoms with Crippen LogP contribution in [-0.4, -0.2) is 67.2 Å². The van der Waals surface area contributed by atoms with E-state index < -0.39 is 28.0 Å². The molecule has 1 aromatic heterocycles. The second-order valence-electron chi connectivity index (χ2n) is 11.8. The van der Waals surface area contributed by atoms with Crippen LogP contribution >= 0.6 is 24.8 Å². The zero-order valence-electron chi connectivity index (χ0n) is 27.4. The van der Waals surface area contributed by atoms with E-state index in [4.69, 9.17) is 0 Å². The molecule has 0 radical (unpaired) electrons. The number of benzene rings is 3. The lowest BCUT2D eigenvalue weighted by molar-refractivity contribution is -0.135. The fraction of sp³-hybridized carbons (Fsp3) is 0.361. The minimum absolute atomic E-state index is 0. The van der Waals surface area contributed by atoms with Crippen molar-refractivity contribution in [2.24, 2.45) is 0 Å². The number of hydrogen-bond acceptors (Lipinski definition) is 6. The molecule has 0 saturated carbocycles. The van der Waals surface area contributed by atoms with Crippen LogP contribution < -0.4 is 10.0 Å². The zero-order valence-corrected chi connectivity index (χ0v) is 29.8. The fourth-order valence-corrected chi connectivity index (χ4v) is 7.06. The van der Waals surface area contributed by atoms with Gasteiger partial charge in [-0.05, 0) is 60.8 Å². The summed E-state index contributed by atoms with van der Waals surface area (Å²) in [5.41, 5.74) is 3.33. The Morgan fingerprint density at radius 1 is 0.833 bits per heavy atom. The molecule has 1 aliphatic heterocycles. The van der Waals surface area contributed by atoms with Crippen LogP contribution in [0.25, 0.3) is 10.9 Å². The van der Waals surface area contributed by atoms with E-state index in [-0.39, 0.29) is 42.2 Å². The van der Waals surface area contributed by atoms with E-state index in [2.05, 4.69) is 45.9 Å². The SMILES string of the molecule is CCN(CC)Cc1ccc(CC(NC(=O)CC(NS(=O)(=O)c2ccc3ccccc3n2)c2ccccc2)C(=O)N2CCCC2)cc1.Cl.Cl. The lowest BCUT2D eigenvalue weighted by atomic mass is 10.0. The van der Waals surface area contributed by atoms with E-state index in [0.29, 0.717) is 30.6 Å². The van der Waals surface area contributed by atoms with Crippen molar-refractivity contribution in [1.82, 2.24) is 24.8 Å². The molecule has 3 aromatic carbocycles. The average molecular weight is 715 g/mol. The second-order valence-corrected chi connectivity index (χ2v) is 13.4. The van der Waals surface area contributed by atoms with Crippen LogP contribution in [0.5, 0.6) is 0 Å². The number of fused-ring (bicyclic) bond motifs is 1. The lowest BCUT2D eigenvalue weighted by Crippen LogP contribution is -2.49. The van der Waals surface area contributed by atoms with Gasteiger partial charge in [0.15, 0.2) is 5.03 Å². The van der Waals surface area contributed by atoms with E-state index in [1.807, 2.05) is 35.2 Å². The van der Waals surface area contributed by atoms with Gasteiger partial charge in [0, 0.05) is 37.9 Å². The summed E-state index contributed by atoms with van der Waals surface area (Å²) in [7, 11) is -4.09. The maximum atomic E-state index is 13.6. The summed E-state index contributed by atoms with van der Waals surface area (Å²) in [6.07, 6.45) is 2.03. The van der Waals surface area contributed by atoms with Crippen molar-refractivity contribution < 1.29 is 18.0 Å². The Morgan fingerprint density at radius 2 is 1.46 bits per heavy atom. The zero-order chi connectivity index (χ0) is 32.5. The molecule has 4 aromatic rings. The summed E-state index contributed by atoms with van der Waals surface area (Å²) in [6, 6.07) is 26.0. The first-order chi connectivity index (χ1) is 22.3. The van der Waals surface area contributed by atoms with E-state index in [0.717, 1.165) is 43.4 Å². The Balaban J connectivity index is 0.00000312. The molecule has 1 saturated heterocycles. The van der Waals surface area contributed by atoms with Crippen molar-refractivity contribution in [2.75, 3.05) is 26.2 Å². The normalized spacial score (nSPS) is 14.2. The largest absolute Gasteiger partial charge is 0.344 e. The molecular formula is C36H45Cl2N5O4S. The summed E-state index contributed by atoms with van der Waals surface area (Å²) in [5, 5.41) is 3.67. The number of sulfonamides is 1. The lowest BCUT2D eigenvalue weighted by Gasteiger charge is -2.26. The van der Waals surface area contributed by atoms with Crippen LogP contribution in [0.2, 0.25) is 0 Å². The maximum Gasteiger partial charge on any atom is 0.258 e. The monoisotopic (exact) mass is 713 g/mol. The molecule has 2 N–H and O–H groups in total. The Bertz CT molecular complexity index is 1730. The summed E-state index contributed by atoms with van der Waals surface area (Å²) >= 11 is 0. The summed E-state index contributed by atoms with van der Waals surface area (Å²) in [6.45, 7) is 8.40. The van der Waals surface area contributed by atoms with Gasteiger partial charge in [-0.15, -0.1) is 24.8 Å². The molecule has 2 atom stereocenters. The number of amides is 2. The number of nitrogens with one attached hydrogen (secondary N) is 2. The number of rotatable bonds is 14. The molecule has 5 rings (SSSR count). The van der Waals surface area contributed by atoms with Gasteiger partial charge in [-0.25, -0.2) is 18.1 Å². The highest BCUT2D eigenvalue weighted by atomic mass is 35.5. The number of halogens is 2. The first-order valence-electron chi connectivity index (χ1n) is 16.1. The number of nitrogens with zero attached hydrogens (tertiary/aromatic N) is 3. The molecular weight excluding hydrogens is 669 g/mol. The number of likely N-dealkylation sites (tertiary alicyclic amines) is 1. The summed E-state index contributed by atoms with van der Waals surface area (Å²) in [4.78, 5) is 35.8. The van der Waals surface area contributed by atoms with E-state index in [1.54, 1.807) is 42.5 Å². The third-order valence-corrected chi connectivity index (χ3v) is 9.92. The summed E-state index contributed by atoms with van der Waals surface area (Å²) < 4.78 is 29.8. The molecule has 9 nitrogen and oxygen atoms in total. The Hall–Kier alpha value is -3.54. The highest BCUT2D eigenvalue weighted by Gasteiger charge is 2.30. The molecule has 48 heavy (non-hydrogen) atoms. The Kier molecular flexibility index (Phi) is 14.8. The van der Waals surface area contributed by atoms with E-state index >= 15 is 0 Å². The number of hydrogen-bond donors (Lipinski definition) is 2. The molecule has 2 amide bonds. The quantitative estimate of drug-likeness (QED) is 0.174. The molecule has 0 aliphatic carbocycles. The first-order valence-corrected chi connectivity index (χ1v) is 17.6. The van der Waals surface area contributed by atoms with Crippen LogP contribution in [0.3, 0.4) is 0 Å².